The number of nitrogens with two attached hydrogens (primary N) is 1. The van der Waals surface area contributed by atoms with E-state index in [9.17, 15) is 0 Å². The summed E-state index contributed by atoms with van der Waals surface area (Å²) in [5, 5.41) is 0. The first kappa shape index (κ1) is 11.0. The molecule has 11 heavy (non-hydrogen) atoms. The van der Waals surface area contributed by atoms with Crippen molar-refractivity contribution in [2.24, 2.45) is 29.4 Å². The molecule has 0 saturated carbocycles. The molecular formula is C10H23N. The fraction of sp³-hybridized carbons (Fsp3) is 1.00. The zero-order valence-corrected chi connectivity index (χ0v) is 8.59. The molecule has 2 atom stereocenters. The van der Waals surface area contributed by atoms with Crippen LogP contribution in [0.2, 0.25) is 0 Å². The van der Waals surface area contributed by atoms with Gasteiger partial charge in [0, 0.05) is 0 Å². The van der Waals surface area contributed by atoms with Crippen LogP contribution in [0, 0.1) is 23.7 Å². The molecule has 1 heteroatoms. The maximum absolute atomic E-state index is 5.71. The van der Waals surface area contributed by atoms with Crippen molar-refractivity contribution in [2.75, 3.05) is 6.54 Å². The molecule has 0 aromatic carbocycles. The molecular weight excluding hydrogens is 134 g/mol. The fourth-order valence-corrected chi connectivity index (χ4v) is 1.59. The molecule has 0 heterocycles. The third-order valence-corrected chi connectivity index (χ3v) is 2.86. The highest BCUT2D eigenvalue weighted by Gasteiger charge is 2.21. The van der Waals surface area contributed by atoms with E-state index in [1.807, 2.05) is 0 Å². The molecule has 0 aromatic rings. The molecule has 0 aliphatic carbocycles. The lowest BCUT2D eigenvalue weighted by molar-refractivity contribution is 0.222. The van der Waals surface area contributed by atoms with Crippen molar-refractivity contribution in [1.29, 1.82) is 0 Å². The Balaban J connectivity index is 4.02. The monoisotopic (exact) mass is 157 g/mol. The molecule has 0 unspecified atom stereocenters. The van der Waals surface area contributed by atoms with E-state index in [1.165, 1.54) is 0 Å². The first-order chi connectivity index (χ1) is 5.00. The van der Waals surface area contributed by atoms with Gasteiger partial charge < -0.3 is 5.73 Å². The molecule has 0 saturated heterocycles. The number of hydrogen-bond donors (Lipinski definition) is 1. The fourth-order valence-electron chi connectivity index (χ4n) is 1.59. The first-order valence-electron chi connectivity index (χ1n) is 4.70. The van der Waals surface area contributed by atoms with Gasteiger partial charge in [-0.15, -0.1) is 0 Å². The molecule has 0 aliphatic rings. The summed E-state index contributed by atoms with van der Waals surface area (Å²) in [6.45, 7) is 12.2. The highest BCUT2D eigenvalue weighted by atomic mass is 14.6. The van der Waals surface area contributed by atoms with Gasteiger partial charge in [0.15, 0.2) is 0 Å². The van der Waals surface area contributed by atoms with Crippen molar-refractivity contribution in [3.8, 4) is 0 Å². The molecule has 0 bridgehead atoms. The Labute approximate surface area is 71.4 Å². The second-order valence-corrected chi connectivity index (χ2v) is 4.25. The molecule has 1 nitrogen and oxygen atoms in total. The summed E-state index contributed by atoms with van der Waals surface area (Å²) in [5.41, 5.74) is 5.71. The average molecular weight is 157 g/mol. The summed E-state index contributed by atoms with van der Waals surface area (Å²) >= 11 is 0. The van der Waals surface area contributed by atoms with Crippen molar-refractivity contribution in [3.05, 3.63) is 0 Å². The van der Waals surface area contributed by atoms with E-state index in [-0.39, 0.29) is 0 Å². The smallest absolute Gasteiger partial charge is 0.00438 e. The summed E-state index contributed by atoms with van der Waals surface area (Å²) in [6.07, 6.45) is 0. The zero-order valence-electron chi connectivity index (χ0n) is 8.59. The molecule has 0 aromatic heterocycles. The summed E-state index contributed by atoms with van der Waals surface area (Å²) < 4.78 is 0. The predicted molar refractivity (Wildman–Crippen MR) is 51.4 cm³/mol. The predicted octanol–water partition coefficient (Wildman–Crippen LogP) is 2.51. The summed E-state index contributed by atoms with van der Waals surface area (Å²) in [6, 6.07) is 0. The van der Waals surface area contributed by atoms with Crippen LogP contribution in [0.15, 0.2) is 0 Å². The van der Waals surface area contributed by atoms with Gasteiger partial charge in [-0.3, -0.25) is 0 Å². The van der Waals surface area contributed by atoms with Crippen LogP contribution in [-0.4, -0.2) is 6.54 Å². The van der Waals surface area contributed by atoms with E-state index in [1.54, 1.807) is 0 Å². The van der Waals surface area contributed by atoms with Crippen molar-refractivity contribution in [1.82, 2.24) is 0 Å². The van der Waals surface area contributed by atoms with Crippen LogP contribution in [0.4, 0.5) is 0 Å². The molecule has 0 spiro atoms. The molecule has 0 fully saturated rings. The SMILES string of the molecule is CC(C)[C@@H](C)[C@@H](CN)C(C)C. The van der Waals surface area contributed by atoms with Gasteiger partial charge in [-0.25, -0.2) is 0 Å². The Morgan fingerprint density at radius 3 is 1.45 bits per heavy atom. The third-order valence-electron chi connectivity index (χ3n) is 2.86. The van der Waals surface area contributed by atoms with Crippen molar-refractivity contribution >= 4 is 0 Å². The van der Waals surface area contributed by atoms with Crippen molar-refractivity contribution < 1.29 is 0 Å². The van der Waals surface area contributed by atoms with E-state index >= 15 is 0 Å². The van der Waals surface area contributed by atoms with E-state index < -0.39 is 0 Å². The van der Waals surface area contributed by atoms with E-state index in [2.05, 4.69) is 34.6 Å². The molecule has 0 radical (unpaired) electrons. The third kappa shape index (κ3) is 3.24. The van der Waals surface area contributed by atoms with Gasteiger partial charge in [0.05, 0.1) is 0 Å². The van der Waals surface area contributed by atoms with Crippen LogP contribution >= 0.6 is 0 Å². The van der Waals surface area contributed by atoms with Gasteiger partial charge >= 0.3 is 0 Å². The second kappa shape index (κ2) is 4.76. The lowest BCUT2D eigenvalue weighted by Gasteiger charge is -2.28. The van der Waals surface area contributed by atoms with Crippen molar-refractivity contribution in [2.45, 2.75) is 34.6 Å². The summed E-state index contributed by atoms with van der Waals surface area (Å²) in [7, 11) is 0. The van der Waals surface area contributed by atoms with Crippen LogP contribution < -0.4 is 5.73 Å². The minimum atomic E-state index is 0.690. The first-order valence-corrected chi connectivity index (χ1v) is 4.70. The van der Waals surface area contributed by atoms with Crippen LogP contribution in [0.3, 0.4) is 0 Å². The minimum absolute atomic E-state index is 0.690. The normalized spacial score (nSPS) is 17.5. The van der Waals surface area contributed by atoms with Crippen LogP contribution in [0.5, 0.6) is 0 Å². The number of rotatable bonds is 4. The highest BCUT2D eigenvalue weighted by Crippen LogP contribution is 2.25. The second-order valence-electron chi connectivity index (χ2n) is 4.25. The highest BCUT2D eigenvalue weighted by molar-refractivity contribution is 4.72. The lowest BCUT2D eigenvalue weighted by atomic mass is 9.78. The topological polar surface area (TPSA) is 26.0 Å². The van der Waals surface area contributed by atoms with Gasteiger partial charge in [-0.1, -0.05) is 34.6 Å². The molecule has 0 amide bonds. The summed E-state index contributed by atoms with van der Waals surface area (Å²) in [5.74, 6) is 2.92. The standard InChI is InChI=1S/C10H23N/c1-7(2)9(5)10(6-11)8(3)4/h7-10H,6,11H2,1-5H3/t9-,10+/m1/s1. The van der Waals surface area contributed by atoms with E-state index in [4.69, 9.17) is 5.73 Å². The van der Waals surface area contributed by atoms with Gasteiger partial charge in [0.2, 0.25) is 0 Å². The Bertz CT molecular complexity index is 97.0. The van der Waals surface area contributed by atoms with E-state index in [0.29, 0.717) is 5.92 Å². The Kier molecular flexibility index (Phi) is 4.74. The minimum Gasteiger partial charge on any atom is -0.330 e. The van der Waals surface area contributed by atoms with Crippen LogP contribution in [0.25, 0.3) is 0 Å². The zero-order chi connectivity index (χ0) is 9.02. The molecule has 0 aliphatic heterocycles. The molecule has 0 rings (SSSR count). The lowest BCUT2D eigenvalue weighted by Crippen LogP contribution is -2.29. The van der Waals surface area contributed by atoms with Gasteiger partial charge in [-0.05, 0) is 30.2 Å². The maximum atomic E-state index is 5.71. The molecule has 2 N–H and O–H groups in total. The summed E-state index contributed by atoms with van der Waals surface area (Å²) in [4.78, 5) is 0. The Morgan fingerprint density at radius 2 is 1.36 bits per heavy atom. The largest absolute Gasteiger partial charge is 0.330 e. The number of hydrogen-bond acceptors (Lipinski definition) is 1. The quantitative estimate of drug-likeness (QED) is 0.666. The van der Waals surface area contributed by atoms with Crippen molar-refractivity contribution in [3.63, 3.8) is 0 Å². The van der Waals surface area contributed by atoms with Gasteiger partial charge in [0.1, 0.15) is 0 Å². The Morgan fingerprint density at radius 1 is 0.909 bits per heavy atom. The Hall–Kier alpha value is -0.0400. The maximum Gasteiger partial charge on any atom is -0.00438 e. The molecule has 68 valence electrons. The average Bonchev–Trinajstić information content (AvgIpc) is 1.88. The van der Waals surface area contributed by atoms with Crippen LogP contribution in [0.1, 0.15) is 34.6 Å². The van der Waals surface area contributed by atoms with Gasteiger partial charge in [-0.2, -0.15) is 0 Å². The van der Waals surface area contributed by atoms with Gasteiger partial charge in [0.25, 0.3) is 0 Å². The van der Waals surface area contributed by atoms with E-state index in [0.717, 1.165) is 24.3 Å². The van der Waals surface area contributed by atoms with Crippen LogP contribution in [-0.2, 0) is 0 Å².